The van der Waals surface area contributed by atoms with Crippen molar-refractivity contribution in [1.82, 2.24) is 0 Å². The van der Waals surface area contributed by atoms with Crippen LogP contribution in [0.4, 0.5) is 22.0 Å². The molecule has 0 rings (SSSR count). The Balaban J connectivity index is 4.27. The monoisotopic (exact) mass is 220 g/mol. The summed E-state index contributed by atoms with van der Waals surface area (Å²) in [5, 5.41) is 0. The Labute approximate surface area is 74.8 Å². The van der Waals surface area contributed by atoms with Gasteiger partial charge in [0.05, 0.1) is 13.1 Å². The summed E-state index contributed by atoms with van der Waals surface area (Å²) < 4.78 is 61.7. The maximum atomic E-state index is 12.1. The topological polar surface area (TPSA) is 43.4 Å². The van der Waals surface area contributed by atoms with E-state index in [9.17, 15) is 31.5 Å². The molecule has 0 atom stereocenters. The fourth-order valence-corrected chi connectivity index (χ4v) is 0.389. The third-order valence-electron chi connectivity index (χ3n) is 1.05. The lowest BCUT2D eigenvalue weighted by Gasteiger charge is -2.12. The highest BCUT2D eigenvalue weighted by Gasteiger charge is 2.51. The lowest BCUT2D eigenvalue weighted by atomic mass is 10.3. The molecule has 0 aliphatic rings. The molecular formula is C6H5F5O3. The van der Waals surface area contributed by atoms with E-state index in [4.69, 9.17) is 0 Å². The molecule has 0 spiro atoms. The number of ether oxygens (including phenoxy) is 1. The quantitative estimate of drug-likeness (QED) is 0.407. The first kappa shape index (κ1) is 12.8. The van der Waals surface area contributed by atoms with E-state index < -0.39 is 37.4 Å². The summed E-state index contributed by atoms with van der Waals surface area (Å²) in [5.41, 5.74) is 0. The third kappa shape index (κ3) is 3.27. The van der Waals surface area contributed by atoms with Gasteiger partial charge < -0.3 is 4.74 Å². The zero-order valence-corrected chi connectivity index (χ0v) is 6.61. The van der Waals surface area contributed by atoms with E-state index >= 15 is 0 Å². The number of carbonyl (C=O) groups excluding carboxylic acids is 2. The zero-order chi connectivity index (χ0) is 11.4. The highest BCUT2D eigenvalue weighted by Crippen LogP contribution is 2.24. The number of hydrogen-bond donors (Lipinski definition) is 0. The molecule has 3 nitrogen and oxygen atoms in total. The van der Waals surface area contributed by atoms with Crippen molar-refractivity contribution in [3.8, 4) is 0 Å². The Hall–Kier alpha value is -1.21. The molecule has 0 radical (unpaired) electrons. The Kier molecular flexibility index (Phi) is 4.45. The Bertz CT molecular complexity index is 228. The van der Waals surface area contributed by atoms with E-state index in [1.165, 1.54) is 0 Å². The summed E-state index contributed by atoms with van der Waals surface area (Å²) in [6, 6.07) is 0. The van der Waals surface area contributed by atoms with Crippen LogP contribution in [0.5, 0.6) is 0 Å². The second kappa shape index (κ2) is 4.87. The van der Waals surface area contributed by atoms with Crippen LogP contribution in [0.15, 0.2) is 0 Å². The summed E-state index contributed by atoms with van der Waals surface area (Å²) in [6.07, 6.45) is -5.21. The van der Waals surface area contributed by atoms with E-state index in [1.807, 2.05) is 0 Å². The molecule has 8 heteroatoms. The van der Waals surface area contributed by atoms with Gasteiger partial charge in [0.25, 0.3) is 0 Å². The summed E-state index contributed by atoms with van der Waals surface area (Å²) in [7, 11) is 0. The molecule has 14 heavy (non-hydrogen) atoms. The molecule has 0 aromatic rings. The van der Waals surface area contributed by atoms with Crippen LogP contribution in [-0.4, -0.2) is 31.0 Å². The molecule has 0 aliphatic heterocycles. The van der Waals surface area contributed by atoms with Gasteiger partial charge in [0.1, 0.15) is 0 Å². The summed E-state index contributed by atoms with van der Waals surface area (Å²) >= 11 is 0. The standard InChI is InChI=1S/C6H5F5O3/c7-2-1-3(12)14-5(13)6(10,11)4(8)9/h4H,1-2H2. The number of alkyl halides is 5. The third-order valence-corrected chi connectivity index (χ3v) is 1.05. The lowest BCUT2D eigenvalue weighted by Crippen LogP contribution is -2.39. The van der Waals surface area contributed by atoms with Crippen molar-refractivity contribution in [2.24, 2.45) is 0 Å². The first-order chi connectivity index (χ1) is 6.32. The molecule has 0 fully saturated rings. The van der Waals surface area contributed by atoms with Crippen molar-refractivity contribution in [2.75, 3.05) is 6.67 Å². The summed E-state index contributed by atoms with van der Waals surface area (Å²) in [5.74, 6) is -9.34. The number of esters is 2. The molecule has 0 aromatic heterocycles. The lowest BCUT2D eigenvalue weighted by molar-refractivity contribution is -0.196. The van der Waals surface area contributed by atoms with E-state index in [0.717, 1.165) is 0 Å². The van der Waals surface area contributed by atoms with Gasteiger partial charge in [-0.05, 0) is 0 Å². The molecular weight excluding hydrogens is 215 g/mol. The minimum absolute atomic E-state index is 0.939. The molecule has 0 aromatic carbocycles. The largest absolute Gasteiger partial charge is 0.402 e. The Morgan fingerprint density at radius 2 is 1.79 bits per heavy atom. The molecule has 82 valence electrons. The van der Waals surface area contributed by atoms with E-state index in [2.05, 4.69) is 4.74 Å². The number of halogens is 5. The second-order valence-electron chi connectivity index (χ2n) is 2.12. The summed E-state index contributed by atoms with van der Waals surface area (Å²) in [4.78, 5) is 20.5. The molecule has 0 bridgehead atoms. The minimum atomic E-state index is -5.05. The normalized spacial score (nSPS) is 11.6. The second-order valence-corrected chi connectivity index (χ2v) is 2.12. The van der Waals surface area contributed by atoms with Gasteiger partial charge in [0.15, 0.2) is 0 Å². The van der Waals surface area contributed by atoms with Crippen LogP contribution in [-0.2, 0) is 14.3 Å². The molecule has 0 saturated carbocycles. The highest BCUT2D eigenvalue weighted by molar-refractivity contribution is 5.89. The highest BCUT2D eigenvalue weighted by atomic mass is 19.3. The average molecular weight is 220 g/mol. The first-order valence-corrected chi connectivity index (χ1v) is 3.29. The van der Waals surface area contributed by atoms with Crippen molar-refractivity contribution in [3.05, 3.63) is 0 Å². The average Bonchev–Trinajstić information content (AvgIpc) is 2.03. The van der Waals surface area contributed by atoms with Crippen LogP contribution in [0.2, 0.25) is 0 Å². The van der Waals surface area contributed by atoms with E-state index in [-0.39, 0.29) is 0 Å². The van der Waals surface area contributed by atoms with Crippen molar-refractivity contribution < 1.29 is 36.3 Å². The van der Waals surface area contributed by atoms with Crippen molar-refractivity contribution in [1.29, 1.82) is 0 Å². The Morgan fingerprint density at radius 3 is 2.14 bits per heavy atom. The maximum absolute atomic E-state index is 12.1. The van der Waals surface area contributed by atoms with E-state index in [0.29, 0.717) is 0 Å². The van der Waals surface area contributed by atoms with Crippen molar-refractivity contribution >= 4 is 11.9 Å². The Morgan fingerprint density at radius 1 is 1.29 bits per heavy atom. The first-order valence-electron chi connectivity index (χ1n) is 3.29. The number of hydrogen-bond acceptors (Lipinski definition) is 3. The van der Waals surface area contributed by atoms with Gasteiger partial charge in [-0.3, -0.25) is 9.18 Å². The van der Waals surface area contributed by atoms with Gasteiger partial charge in [-0.2, -0.15) is 8.78 Å². The molecule has 0 aliphatic carbocycles. The van der Waals surface area contributed by atoms with Crippen LogP contribution in [0.3, 0.4) is 0 Å². The van der Waals surface area contributed by atoms with Crippen LogP contribution in [0, 0.1) is 0 Å². The SMILES string of the molecule is O=C(CCF)OC(=O)C(F)(F)C(F)F. The predicted octanol–water partition coefficient (Wildman–Crippen LogP) is 1.32. The van der Waals surface area contributed by atoms with Gasteiger partial charge >= 0.3 is 24.3 Å². The van der Waals surface area contributed by atoms with Gasteiger partial charge in [0, 0.05) is 0 Å². The van der Waals surface area contributed by atoms with Crippen LogP contribution >= 0.6 is 0 Å². The molecule has 0 unspecified atom stereocenters. The molecule has 0 N–H and O–H groups in total. The van der Waals surface area contributed by atoms with Crippen molar-refractivity contribution in [3.63, 3.8) is 0 Å². The van der Waals surface area contributed by atoms with Gasteiger partial charge in [-0.1, -0.05) is 0 Å². The number of rotatable bonds is 4. The molecule has 0 saturated heterocycles. The van der Waals surface area contributed by atoms with Gasteiger partial charge in [-0.25, -0.2) is 13.6 Å². The fraction of sp³-hybridized carbons (Fsp3) is 0.667. The maximum Gasteiger partial charge on any atom is 0.402 e. The minimum Gasteiger partial charge on any atom is -0.388 e. The van der Waals surface area contributed by atoms with Crippen LogP contribution in [0.1, 0.15) is 6.42 Å². The van der Waals surface area contributed by atoms with Gasteiger partial charge in [0.2, 0.25) is 0 Å². The van der Waals surface area contributed by atoms with Crippen LogP contribution in [0.25, 0.3) is 0 Å². The smallest absolute Gasteiger partial charge is 0.388 e. The number of carbonyl (C=O) groups is 2. The zero-order valence-electron chi connectivity index (χ0n) is 6.61. The molecule has 0 amide bonds. The summed E-state index contributed by atoms with van der Waals surface area (Å²) in [6.45, 7) is -1.23. The molecule has 0 heterocycles. The predicted molar refractivity (Wildman–Crippen MR) is 32.6 cm³/mol. The van der Waals surface area contributed by atoms with E-state index in [1.54, 1.807) is 0 Å². The van der Waals surface area contributed by atoms with Crippen molar-refractivity contribution in [2.45, 2.75) is 18.8 Å². The van der Waals surface area contributed by atoms with Crippen LogP contribution < -0.4 is 0 Å². The van der Waals surface area contributed by atoms with Gasteiger partial charge in [-0.15, -0.1) is 0 Å². The fourth-order valence-electron chi connectivity index (χ4n) is 0.389.